The third kappa shape index (κ3) is 9.69. The topological polar surface area (TPSA) is 17.1 Å². The normalized spacial score (nSPS) is 12.5. The molecule has 0 aliphatic carbocycles. The van der Waals surface area contributed by atoms with Crippen LogP contribution in [0.5, 0.6) is 0 Å². The van der Waals surface area contributed by atoms with Crippen LogP contribution in [0.2, 0.25) is 0 Å². The third-order valence-electron chi connectivity index (χ3n) is 5.52. The lowest BCUT2D eigenvalue weighted by Gasteiger charge is -2.04. The molecular weight excluding hydrogens is 428 g/mol. The van der Waals surface area contributed by atoms with Crippen LogP contribution in [0.3, 0.4) is 0 Å². The van der Waals surface area contributed by atoms with Crippen molar-refractivity contribution in [3.63, 3.8) is 0 Å². The van der Waals surface area contributed by atoms with Gasteiger partial charge in [-0.3, -0.25) is 4.79 Å². The summed E-state index contributed by atoms with van der Waals surface area (Å²) in [5, 5.41) is 1.41. The van der Waals surface area contributed by atoms with Gasteiger partial charge in [0.05, 0.1) is 4.83 Å². The second-order valence-electron chi connectivity index (χ2n) is 8.08. The molecule has 0 amide bonds. The van der Waals surface area contributed by atoms with Crippen LogP contribution in [0.15, 0.2) is 30.3 Å². The summed E-state index contributed by atoms with van der Waals surface area (Å²) < 4.78 is 1.43. The van der Waals surface area contributed by atoms with E-state index in [-0.39, 0.29) is 4.83 Å². The van der Waals surface area contributed by atoms with Crippen molar-refractivity contribution in [1.82, 2.24) is 0 Å². The highest BCUT2D eigenvalue weighted by Gasteiger charge is 2.07. The minimum absolute atomic E-state index is 0.0309. The van der Waals surface area contributed by atoms with Crippen molar-refractivity contribution >= 4 is 43.1 Å². The van der Waals surface area contributed by atoms with Gasteiger partial charge in [0.15, 0.2) is 0 Å². The molecule has 2 aromatic rings. The Hall–Kier alpha value is -0.670. The first-order valence-corrected chi connectivity index (χ1v) is 13.0. The second-order valence-corrected chi connectivity index (χ2v) is 10.6. The Labute approximate surface area is 184 Å². The Morgan fingerprint density at radius 2 is 1.39 bits per heavy atom. The lowest BCUT2D eigenvalue weighted by Crippen LogP contribution is -2.08. The van der Waals surface area contributed by atoms with E-state index in [2.05, 4.69) is 46.3 Å². The molecule has 3 heteroatoms. The molecule has 2 rings (SSSR count). The van der Waals surface area contributed by atoms with Crippen molar-refractivity contribution in [3.05, 3.63) is 35.2 Å². The Morgan fingerprint density at radius 1 is 0.857 bits per heavy atom. The van der Waals surface area contributed by atoms with Crippen LogP contribution in [0.1, 0.15) is 95.3 Å². The van der Waals surface area contributed by atoms with Crippen molar-refractivity contribution in [2.24, 2.45) is 0 Å². The minimum atomic E-state index is 0.0309. The van der Waals surface area contributed by atoms with Gasteiger partial charge in [0, 0.05) is 16.0 Å². The van der Waals surface area contributed by atoms with Gasteiger partial charge in [-0.25, -0.2) is 0 Å². The summed E-state index contributed by atoms with van der Waals surface area (Å²) in [5.74, 6) is 0.351. The molecule has 0 radical (unpaired) electrons. The minimum Gasteiger partial charge on any atom is -0.298 e. The molecule has 156 valence electrons. The maximum atomic E-state index is 11.5. The Balaban J connectivity index is 1.34. The van der Waals surface area contributed by atoms with Crippen molar-refractivity contribution in [2.45, 2.75) is 102 Å². The molecule has 0 spiro atoms. The Kier molecular flexibility index (Phi) is 12.1. The zero-order valence-electron chi connectivity index (χ0n) is 17.6. The van der Waals surface area contributed by atoms with Crippen molar-refractivity contribution in [2.75, 3.05) is 0 Å². The number of ketones is 1. The fraction of sp³-hybridized carbons (Fsp3) is 0.640. The van der Waals surface area contributed by atoms with Crippen LogP contribution >= 0.6 is 27.3 Å². The molecule has 28 heavy (non-hydrogen) atoms. The van der Waals surface area contributed by atoms with Crippen molar-refractivity contribution in [3.8, 4) is 0 Å². The van der Waals surface area contributed by atoms with Gasteiger partial charge in [-0.2, -0.15) is 0 Å². The summed E-state index contributed by atoms with van der Waals surface area (Å²) in [6.07, 6.45) is 18.0. The molecule has 0 saturated carbocycles. The number of carbonyl (C=O) groups is 1. The molecule has 0 aliphatic rings. The number of alkyl halides is 1. The van der Waals surface area contributed by atoms with Gasteiger partial charge in [-0.1, -0.05) is 98.3 Å². The van der Waals surface area contributed by atoms with Gasteiger partial charge in [0.25, 0.3) is 0 Å². The SMILES string of the molecule is CC(Br)C(=O)CCCCCCCCCCCCCCc1cc2ccccc2s1. The van der Waals surface area contributed by atoms with E-state index >= 15 is 0 Å². The fourth-order valence-corrected chi connectivity index (χ4v) is 5.06. The number of hydrogen-bond donors (Lipinski definition) is 0. The highest BCUT2D eigenvalue weighted by Crippen LogP contribution is 2.26. The van der Waals surface area contributed by atoms with Gasteiger partial charge in [-0.05, 0) is 43.7 Å². The first-order chi connectivity index (χ1) is 13.7. The Bertz CT molecular complexity index is 643. The quantitative estimate of drug-likeness (QED) is 0.179. The van der Waals surface area contributed by atoms with Crippen LogP contribution in [-0.4, -0.2) is 10.6 Å². The van der Waals surface area contributed by atoms with Crippen molar-refractivity contribution in [1.29, 1.82) is 0 Å². The van der Waals surface area contributed by atoms with Crippen LogP contribution < -0.4 is 0 Å². The number of Topliss-reactive ketones (excluding diaryl/α,β-unsaturated/α-hetero) is 1. The van der Waals surface area contributed by atoms with E-state index in [1.807, 2.05) is 18.3 Å². The highest BCUT2D eigenvalue weighted by atomic mass is 79.9. The number of hydrogen-bond acceptors (Lipinski definition) is 2. The Morgan fingerprint density at radius 3 is 1.96 bits per heavy atom. The number of fused-ring (bicyclic) bond motifs is 1. The fourth-order valence-electron chi connectivity index (χ4n) is 3.73. The number of rotatable bonds is 16. The van der Waals surface area contributed by atoms with Gasteiger partial charge in [0.2, 0.25) is 0 Å². The van der Waals surface area contributed by atoms with Crippen LogP contribution in [0, 0.1) is 0 Å². The van der Waals surface area contributed by atoms with E-state index in [1.54, 1.807) is 4.88 Å². The average molecular weight is 466 g/mol. The molecule has 1 aromatic heterocycles. The molecule has 1 nitrogen and oxygen atoms in total. The number of carbonyl (C=O) groups excluding carboxylic acids is 1. The first-order valence-electron chi connectivity index (χ1n) is 11.3. The van der Waals surface area contributed by atoms with Gasteiger partial charge in [0.1, 0.15) is 5.78 Å². The molecule has 1 atom stereocenters. The van der Waals surface area contributed by atoms with E-state index in [0.29, 0.717) is 5.78 Å². The first kappa shape index (κ1) is 23.6. The van der Waals surface area contributed by atoms with Gasteiger partial charge in [-0.15, -0.1) is 11.3 Å². The number of benzene rings is 1. The number of thiophene rings is 1. The molecule has 0 bridgehead atoms. The van der Waals surface area contributed by atoms with Gasteiger partial charge >= 0.3 is 0 Å². The highest BCUT2D eigenvalue weighted by molar-refractivity contribution is 9.10. The van der Waals surface area contributed by atoms with E-state index < -0.39 is 0 Å². The predicted molar refractivity (Wildman–Crippen MR) is 129 cm³/mol. The lowest BCUT2D eigenvalue weighted by atomic mass is 10.0. The largest absolute Gasteiger partial charge is 0.298 e. The smallest absolute Gasteiger partial charge is 0.146 e. The van der Waals surface area contributed by atoms with E-state index in [4.69, 9.17) is 0 Å². The lowest BCUT2D eigenvalue weighted by molar-refractivity contribution is -0.118. The zero-order chi connectivity index (χ0) is 20.0. The number of halogens is 1. The summed E-state index contributed by atoms with van der Waals surface area (Å²) in [7, 11) is 0. The van der Waals surface area contributed by atoms with Crippen LogP contribution in [-0.2, 0) is 11.2 Å². The predicted octanol–water partition coefficient (Wildman–Crippen LogP) is 8.87. The molecule has 0 N–H and O–H groups in total. The summed E-state index contributed by atoms with van der Waals surface area (Å²) in [5.41, 5.74) is 0. The van der Waals surface area contributed by atoms with Crippen LogP contribution in [0.4, 0.5) is 0 Å². The average Bonchev–Trinajstić information content (AvgIpc) is 3.10. The third-order valence-corrected chi connectivity index (χ3v) is 7.20. The maximum Gasteiger partial charge on any atom is 0.146 e. The number of unbranched alkanes of at least 4 members (excludes halogenated alkanes) is 11. The van der Waals surface area contributed by atoms with Crippen molar-refractivity contribution < 1.29 is 4.79 Å². The molecule has 1 aromatic carbocycles. The molecule has 0 fully saturated rings. The van der Waals surface area contributed by atoms with E-state index in [0.717, 1.165) is 12.8 Å². The summed E-state index contributed by atoms with van der Waals surface area (Å²) in [4.78, 5) is 13.1. The van der Waals surface area contributed by atoms with E-state index in [9.17, 15) is 4.79 Å². The second kappa shape index (κ2) is 14.3. The van der Waals surface area contributed by atoms with E-state index in [1.165, 1.54) is 87.1 Å². The molecular formula is C25H37BrOS. The zero-order valence-corrected chi connectivity index (χ0v) is 20.0. The monoisotopic (exact) mass is 464 g/mol. The maximum absolute atomic E-state index is 11.5. The summed E-state index contributed by atoms with van der Waals surface area (Å²) >= 11 is 5.31. The molecule has 1 heterocycles. The van der Waals surface area contributed by atoms with Gasteiger partial charge < -0.3 is 0 Å². The standard InChI is InChI=1S/C25H37BrOS/c1-21(26)24(27)18-13-11-9-7-5-3-2-4-6-8-10-12-17-23-20-22-16-14-15-19-25(22)28-23/h14-16,19-21H,2-13,17-18H2,1H3. The molecule has 0 aliphatic heterocycles. The molecule has 1 unspecified atom stereocenters. The van der Waals surface area contributed by atoms with Crippen LogP contribution in [0.25, 0.3) is 10.1 Å². The molecule has 0 saturated heterocycles. The number of aryl methyl sites for hydroxylation is 1. The summed E-state index contributed by atoms with van der Waals surface area (Å²) in [6, 6.07) is 11.1. The summed E-state index contributed by atoms with van der Waals surface area (Å²) in [6.45, 7) is 1.92.